The summed E-state index contributed by atoms with van der Waals surface area (Å²) in [6.45, 7) is 5.93. The predicted octanol–water partition coefficient (Wildman–Crippen LogP) is 2.16. The quantitative estimate of drug-likeness (QED) is 0.876. The highest BCUT2D eigenvalue weighted by Gasteiger charge is 2.15. The van der Waals surface area contributed by atoms with Crippen molar-refractivity contribution in [3.05, 3.63) is 41.6 Å². The molecule has 0 bridgehead atoms. The van der Waals surface area contributed by atoms with E-state index in [4.69, 9.17) is 5.73 Å². The molecule has 20 heavy (non-hydrogen) atoms. The zero-order valence-corrected chi connectivity index (χ0v) is 12.1. The Hall–Kier alpha value is -2.30. The minimum atomic E-state index is -0.393. The van der Waals surface area contributed by atoms with E-state index in [9.17, 15) is 4.79 Å². The highest BCUT2D eigenvalue weighted by molar-refractivity contribution is 5.82. The van der Waals surface area contributed by atoms with E-state index in [1.165, 1.54) is 5.56 Å². The van der Waals surface area contributed by atoms with Gasteiger partial charge in [-0.1, -0.05) is 24.6 Å². The van der Waals surface area contributed by atoms with Gasteiger partial charge in [-0.2, -0.15) is 5.10 Å². The first-order valence-electron chi connectivity index (χ1n) is 6.71. The second kappa shape index (κ2) is 5.77. The van der Waals surface area contributed by atoms with Crippen LogP contribution < -0.4 is 11.1 Å². The number of amides is 1. The van der Waals surface area contributed by atoms with Gasteiger partial charge in [0.15, 0.2) is 0 Å². The zero-order chi connectivity index (χ0) is 14.7. The first kappa shape index (κ1) is 14.1. The topological polar surface area (TPSA) is 72.9 Å². The van der Waals surface area contributed by atoms with E-state index in [1.807, 2.05) is 55.8 Å². The summed E-state index contributed by atoms with van der Waals surface area (Å²) in [7, 11) is 0. The molecule has 0 radical (unpaired) electrons. The van der Waals surface area contributed by atoms with Gasteiger partial charge in [-0.25, -0.2) is 4.68 Å². The van der Waals surface area contributed by atoms with Crippen LogP contribution in [0.3, 0.4) is 0 Å². The third-order valence-electron chi connectivity index (χ3n) is 3.24. The van der Waals surface area contributed by atoms with Crippen molar-refractivity contribution in [2.45, 2.75) is 33.2 Å². The maximum absolute atomic E-state index is 11.3. The normalized spacial score (nSPS) is 12.2. The second-order valence-corrected chi connectivity index (χ2v) is 4.93. The van der Waals surface area contributed by atoms with E-state index >= 15 is 0 Å². The third kappa shape index (κ3) is 2.99. The van der Waals surface area contributed by atoms with Crippen LogP contribution in [0.2, 0.25) is 0 Å². The highest BCUT2D eigenvalue weighted by Crippen LogP contribution is 2.16. The largest absolute Gasteiger partial charge is 0.368 e. The monoisotopic (exact) mass is 272 g/mol. The van der Waals surface area contributed by atoms with Crippen LogP contribution in [-0.2, 0) is 4.79 Å². The molecular weight excluding hydrogens is 252 g/mol. The summed E-state index contributed by atoms with van der Waals surface area (Å²) in [5, 5.41) is 7.54. The molecule has 5 heteroatoms. The van der Waals surface area contributed by atoms with Crippen molar-refractivity contribution < 1.29 is 4.79 Å². The lowest BCUT2D eigenvalue weighted by Gasteiger charge is -2.11. The molecule has 0 fully saturated rings. The molecule has 2 rings (SSSR count). The maximum Gasteiger partial charge on any atom is 0.239 e. The van der Waals surface area contributed by atoms with Gasteiger partial charge in [0.05, 0.1) is 5.69 Å². The van der Waals surface area contributed by atoms with Crippen LogP contribution in [0.15, 0.2) is 30.3 Å². The molecule has 1 aromatic heterocycles. The Balaban J connectivity index is 2.25. The van der Waals surface area contributed by atoms with Crippen molar-refractivity contribution >= 4 is 11.7 Å². The Bertz CT molecular complexity index is 601. The molecule has 1 aromatic carbocycles. The number of aryl methyl sites for hydroxylation is 2. The van der Waals surface area contributed by atoms with Gasteiger partial charge < -0.3 is 11.1 Å². The summed E-state index contributed by atoms with van der Waals surface area (Å²) in [6.07, 6.45) is 0.631. The molecule has 0 aliphatic carbocycles. The van der Waals surface area contributed by atoms with Crippen molar-refractivity contribution in [3.63, 3.8) is 0 Å². The Morgan fingerprint density at radius 3 is 2.55 bits per heavy atom. The number of hydrogen-bond acceptors (Lipinski definition) is 3. The fourth-order valence-corrected chi connectivity index (χ4v) is 2.05. The molecule has 0 saturated carbocycles. The van der Waals surface area contributed by atoms with Gasteiger partial charge in [0.25, 0.3) is 0 Å². The first-order valence-corrected chi connectivity index (χ1v) is 6.71. The molecular formula is C15H20N4O. The van der Waals surface area contributed by atoms with Crippen LogP contribution >= 0.6 is 0 Å². The lowest BCUT2D eigenvalue weighted by molar-refractivity contribution is -0.118. The number of benzene rings is 1. The van der Waals surface area contributed by atoms with Gasteiger partial charge >= 0.3 is 0 Å². The number of rotatable bonds is 5. The van der Waals surface area contributed by atoms with Crippen molar-refractivity contribution in [2.24, 2.45) is 5.73 Å². The maximum atomic E-state index is 11.3. The zero-order valence-electron chi connectivity index (χ0n) is 12.1. The van der Waals surface area contributed by atoms with E-state index < -0.39 is 6.04 Å². The molecule has 0 aliphatic heterocycles. The molecule has 0 aliphatic rings. The third-order valence-corrected chi connectivity index (χ3v) is 3.24. The summed E-state index contributed by atoms with van der Waals surface area (Å²) in [4.78, 5) is 11.3. The molecule has 1 heterocycles. The van der Waals surface area contributed by atoms with E-state index in [0.29, 0.717) is 12.2 Å². The number of anilines is 1. The molecule has 1 atom stereocenters. The summed E-state index contributed by atoms with van der Waals surface area (Å²) >= 11 is 0. The Labute approximate surface area is 118 Å². The molecule has 3 N–H and O–H groups in total. The van der Waals surface area contributed by atoms with Gasteiger partial charge in [-0.05, 0) is 32.4 Å². The summed E-state index contributed by atoms with van der Waals surface area (Å²) in [5.41, 5.74) is 8.53. The Morgan fingerprint density at radius 2 is 2.00 bits per heavy atom. The van der Waals surface area contributed by atoms with Crippen LogP contribution in [-0.4, -0.2) is 21.7 Å². The second-order valence-electron chi connectivity index (χ2n) is 4.93. The minimum Gasteiger partial charge on any atom is -0.368 e. The fraction of sp³-hybridized carbons (Fsp3) is 0.333. The predicted molar refractivity (Wildman–Crippen MR) is 79.9 cm³/mol. The number of nitrogens with two attached hydrogens (primary N) is 1. The summed E-state index contributed by atoms with van der Waals surface area (Å²) in [5.74, 6) is 0.295. The Morgan fingerprint density at radius 1 is 1.35 bits per heavy atom. The van der Waals surface area contributed by atoms with Crippen LogP contribution in [0.1, 0.15) is 24.6 Å². The van der Waals surface area contributed by atoms with Gasteiger partial charge in [-0.3, -0.25) is 4.79 Å². The number of nitrogens with zero attached hydrogens (tertiary/aromatic N) is 2. The lowest BCUT2D eigenvalue weighted by atomic mass is 10.2. The molecule has 0 saturated heterocycles. The fourth-order valence-electron chi connectivity index (χ4n) is 2.05. The number of aromatic nitrogens is 2. The first-order chi connectivity index (χ1) is 9.51. The van der Waals surface area contributed by atoms with Crippen LogP contribution in [0.4, 0.5) is 5.82 Å². The lowest BCUT2D eigenvalue weighted by Crippen LogP contribution is -2.34. The number of carbonyl (C=O) groups is 1. The number of hydrogen-bond donors (Lipinski definition) is 2. The summed E-state index contributed by atoms with van der Waals surface area (Å²) in [6, 6.07) is 9.64. The average molecular weight is 272 g/mol. The molecule has 0 unspecified atom stereocenters. The van der Waals surface area contributed by atoms with Gasteiger partial charge in [0.1, 0.15) is 11.9 Å². The number of carbonyl (C=O) groups excluding carboxylic acids is 1. The molecule has 1 amide bonds. The average Bonchev–Trinajstić information content (AvgIpc) is 2.77. The van der Waals surface area contributed by atoms with E-state index in [-0.39, 0.29) is 5.91 Å². The summed E-state index contributed by atoms with van der Waals surface area (Å²) < 4.78 is 1.84. The van der Waals surface area contributed by atoms with E-state index in [0.717, 1.165) is 11.4 Å². The van der Waals surface area contributed by atoms with Crippen molar-refractivity contribution in [1.29, 1.82) is 0 Å². The van der Waals surface area contributed by atoms with Crippen molar-refractivity contribution in [3.8, 4) is 5.69 Å². The van der Waals surface area contributed by atoms with Crippen LogP contribution in [0.5, 0.6) is 0 Å². The van der Waals surface area contributed by atoms with E-state index in [2.05, 4.69) is 10.4 Å². The highest BCUT2D eigenvalue weighted by atomic mass is 16.1. The molecule has 5 nitrogen and oxygen atoms in total. The van der Waals surface area contributed by atoms with Gasteiger partial charge in [0, 0.05) is 11.8 Å². The molecule has 2 aromatic rings. The van der Waals surface area contributed by atoms with E-state index in [1.54, 1.807) is 0 Å². The number of nitrogens with one attached hydrogen (secondary N) is 1. The van der Waals surface area contributed by atoms with Crippen LogP contribution in [0.25, 0.3) is 5.69 Å². The van der Waals surface area contributed by atoms with Gasteiger partial charge in [-0.15, -0.1) is 0 Å². The smallest absolute Gasteiger partial charge is 0.239 e. The van der Waals surface area contributed by atoms with Crippen molar-refractivity contribution in [2.75, 3.05) is 5.32 Å². The number of primary amides is 1. The molecule has 0 spiro atoms. The standard InChI is InChI=1S/C15H20N4O/c1-4-13(15(16)20)17-14-9-11(3)19(18-14)12-7-5-10(2)6-8-12/h5-9,13H,4H2,1-3H3,(H2,16,20)(H,17,18)/t13-/m0/s1. The SMILES string of the molecule is CC[C@H](Nc1cc(C)n(-c2ccc(C)cc2)n1)C(N)=O. The Kier molecular flexibility index (Phi) is 4.08. The van der Waals surface area contributed by atoms with Crippen LogP contribution in [0, 0.1) is 13.8 Å². The molecule has 106 valence electrons. The van der Waals surface area contributed by atoms with Gasteiger partial charge in [0.2, 0.25) is 5.91 Å². The minimum absolute atomic E-state index is 0.366. The van der Waals surface area contributed by atoms with Crippen molar-refractivity contribution in [1.82, 2.24) is 9.78 Å².